The number of aliphatic hydroxyl groups is 1. The van der Waals surface area contributed by atoms with Gasteiger partial charge in [0.05, 0.1) is 19.3 Å². The molecule has 1 aromatic rings. The lowest BCUT2D eigenvalue weighted by atomic mass is 10.1. The molecule has 1 atom stereocenters. The third-order valence-electron chi connectivity index (χ3n) is 3.15. The van der Waals surface area contributed by atoms with E-state index in [1.807, 2.05) is 37.3 Å². The van der Waals surface area contributed by atoms with E-state index in [0.717, 1.165) is 5.56 Å². The van der Waals surface area contributed by atoms with Crippen molar-refractivity contribution < 1.29 is 14.6 Å². The van der Waals surface area contributed by atoms with Gasteiger partial charge in [-0.1, -0.05) is 29.8 Å². The van der Waals surface area contributed by atoms with Crippen LogP contribution in [-0.4, -0.2) is 48.3 Å². The Morgan fingerprint density at radius 1 is 1.47 bits per heavy atom. The third kappa shape index (κ3) is 3.91. The van der Waals surface area contributed by atoms with Gasteiger partial charge in [0, 0.05) is 19.2 Å². The number of amides is 1. The molecule has 1 heterocycles. The number of nitrogens with zero attached hydrogens (tertiary/aromatic N) is 1. The molecule has 1 amide bonds. The van der Waals surface area contributed by atoms with E-state index in [2.05, 4.69) is 0 Å². The number of rotatable bonds is 3. The van der Waals surface area contributed by atoms with Crippen LogP contribution in [0, 0.1) is 6.92 Å². The van der Waals surface area contributed by atoms with Gasteiger partial charge in [-0.15, -0.1) is 0 Å². The van der Waals surface area contributed by atoms with Crippen LogP contribution in [0.3, 0.4) is 0 Å². The summed E-state index contributed by atoms with van der Waals surface area (Å²) in [6.45, 7) is 3.49. The Morgan fingerprint density at radius 2 is 2.21 bits per heavy atom. The molecule has 0 radical (unpaired) electrons. The van der Waals surface area contributed by atoms with Gasteiger partial charge in [0.25, 0.3) is 0 Å². The standard InChI is InChI=1S/C15H19NO3/c1-12-2-4-13(5-3-12)6-7-15(18)16-8-9-19-14(10-16)11-17/h2-7,14,17H,8-11H2,1H3/b7-6+. The summed E-state index contributed by atoms with van der Waals surface area (Å²) < 4.78 is 5.32. The maximum absolute atomic E-state index is 12.0. The van der Waals surface area contributed by atoms with Gasteiger partial charge >= 0.3 is 0 Å². The molecule has 0 bridgehead atoms. The molecule has 19 heavy (non-hydrogen) atoms. The van der Waals surface area contributed by atoms with Crippen molar-refractivity contribution in [3.05, 3.63) is 41.5 Å². The number of aryl methyl sites for hydroxylation is 1. The highest BCUT2D eigenvalue weighted by atomic mass is 16.5. The lowest BCUT2D eigenvalue weighted by Crippen LogP contribution is -2.46. The summed E-state index contributed by atoms with van der Waals surface area (Å²) in [6.07, 6.45) is 3.13. The van der Waals surface area contributed by atoms with Crippen molar-refractivity contribution in [1.82, 2.24) is 4.90 Å². The monoisotopic (exact) mass is 261 g/mol. The van der Waals surface area contributed by atoms with Gasteiger partial charge in [0.2, 0.25) is 5.91 Å². The van der Waals surface area contributed by atoms with Gasteiger partial charge in [0.1, 0.15) is 0 Å². The molecule has 2 rings (SSSR count). The summed E-state index contributed by atoms with van der Waals surface area (Å²) in [7, 11) is 0. The molecule has 4 nitrogen and oxygen atoms in total. The van der Waals surface area contributed by atoms with Crippen molar-refractivity contribution in [3.8, 4) is 0 Å². The van der Waals surface area contributed by atoms with Crippen molar-refractivity contribution in [3.63, 3.8) is 0 Å². The van der Waals surface area contributed by atoms with Crippen LogP contribution in [0.1, 0.15) is 11.1 Å². The van der Waals surface area contributed by atoms with Crippen molar-refractivity contribution in [1.29, 1.82) is 0 Å². The first-order chi connectivity index (χ1) is 9.19. The number of benzene rings is 1. The van der Waals surface area contributed by atoms with Gasteiger partial charge in [-0.3, -0.25) is 4.79 Å². The minimum Gasteiger partial charge on any atom is -0.394 e. The molecule has 1 unspecified atom stereocenters. The predicted molar refractivity (Wildman–Crippen MR) is 73.6 cm³/mol. The number of hydrogen-bond acceptors (Lipinski definition) is 3. The highest BCUT2D eigenvalue weighted by Gasteiger charge is 2.21. The number of carbonyl (C=O) groups excluding carboxylic acids is 1. The van der Waals surface area contributed by atoms with E-state index >= 15 is 0 Å². The summed E-state index contributed by atoms with van der Waals surface area (Å²) in [4.78, 5) is 13.7. The van der Waals surface area contributed by atoms with Gasteiger partial charge < -0.3 is 14.7 Å². The van der Waals surface area contributed by atoms with Crippen molar-refractivity contribution in [2.75, 3.05) is 26.3 Å². The summed E-state index contributed by atoms with van der Waals surface area (Å²) in [5.41, 5.74) is 2.20. The molecule has 0 spiro atoms. The highest BCUT2D eigenvalue weighted by Crippen LogP contribution is 2.08. The van der Waals surface area contributed by atoms with Crippen LogP contribution in [0.15, 0.2) is 30.3 Å². The largest absolute Gasteiger partial charge is 0.394 e. The molecule has 4 heteroatoms. The first kappa shape index (κ1) is 13.8. The van der Waals surface area contributed by atoms with E-state index in [1.165, 1.54) is 5.56 Å². The molecule has 1 N–H and O–H groups in total. The van der Waals surface area contributed by atoms with Gasteiger partial charge in [-0.05, 0) is 18.6 Å². The zero-order valence-electron chi connectivity index (χ0n) is 11.1. The molecule has 1 saturated heterocycles. The molecular weight excluding hydrogens is 242 g/mol. The minimum absolute atomic E-state index is 0.0395. The second kappa shape index (κ2) is 6.50. The fourth-order valence-corrected chi connectivity index (χ4v) is 1.98. The Bertz CT molecular complexity index is 453. The van der Waals surface area contributed by atoms with Gasteiger partial charge in [-0.25, -0.2) is 0 Å². The fraction of sp³-hybridized carbons (Fsp3) is 0.400. The van der Waals surface area contributed by atoms with Crippen LogP contribution < -0.4 is 0 Å². The SMILES string of the molecule is Cc1ccc(/C=C/C(=O)N2CCOC(CO)C2)cc1. The number of morpholine rings is 1. The fourth-order valence-electron chi connectivity index (χ4n) is 1.98. The molecule has 0 aliphatic carbocycles. The summed E-state index contributed by atoms with van der Waals surface area (Å²) in [6, 6.07) is 7.99. The molecule has 0 saturated carbocycles. The second-order valence-electron chi connectivity index (χ2n) is 4.70. The van der Waals surface area contributed by atoms with E-state index in [1.54, 1.807) is 11.0 Å². The first-order valence-corrected chi connectivity index (χ1v) is 6.45. The van der Waals surface area contributed by atoms with Gasteiger partial charge in [0.15, 0.2) is 0 Å². The van der Waals surface area contributed by atoms with Crippen LogP contribution in [-0.2, 0) is 9.53 Å². The third-order valence-corrected chi connectivity index (χ3v) is 3.15. The molecule has 1 fully saturated rings. The van der Waals surface area contributed by atoms with Crippen LogP contribution in [0.4, 0.5) is 0 Å². The maximum Gasteiger partial charge on any atom is 0.246 e. The Morgan fingerprint density at radius 3 is 2.89 bits per heavy atom. The van der Waals surface area contributed by atoms with Crippen LogP contribution >= 0.6 is 0 Å². The quantitative estimate of drug-likeness (QED) is 0.833. The van der Waals surface area contributed by atoms with Crippen molar-refractivity contribution >= 4 is 12.0 Å². The summed E-state index contributed by atoms with van der Waals surface area (Å²) in [5, 5.41) is 9.04. The van der Waals surface area contributed by atoms with E-state index in [0.29, 0.717) is 19.7 Å². The second-order valence-corrected chi connectivity index (χ2v) is 4.70. The molecule has 0 aromatic heterocycles. The topological polar surface area (TPSA) is 49.8 Å². The van der Waals surface area contributed by atoms with Crippen LogP contribution in [0.2, 0.25) is 0 Å². The minimum atomic E-state index is -0.259. The first-order valence-electron chi connectivity index (χ1n) is 6.45. The number of ether oxygens (including phenoxy) is 1. The molecular formula is C15H19NO3. The summed E-state index contributed by atoms with van der Waals surface area (Å²) >= 11 is 0. The van der Waals surface area contributed by atoms with E-state index in [9.17, 15) is 4.79 Å². The molecule has 1 aliphatic heterocycles. The zero-order chi connectivity index (χ0) is 13.7. The Balaban J connectivity index is 1.94. The average molecular weight is 261 g/mol. The predicted octanol–water partition coefficient (Wildman–Crippen LogP) is 1.23. The Hall–Kier alpha value is -1.65. The molecule has 102 valence electrons. The number of carbonyl (C=O) groups is 1. The number of hydrogen-bond donors (Lipinski definition) is 1. The van der Waals surface area contributed by atoms with Crippen molar-refractivity contribution in [2.45, 2.75) is 13.0 Å². The lowest BCUT2D eigenvalue weighted by Gasteiger charge is -2.31. The van der Waals surface area contributed by atoms with E-state index in [-0.39, 0.29) is 18.6 Å². The smallest absolute Gasteiger partial charge is 0.246 e. The van der Waals surface area contributed by atoms with E-state index in [4.69, 9.17) is 9.84 Å². The molecule has 1 aliphatic rings. The average Bonchev–Trinajstić information content (AvgIpc) is 2.46. The molecule has 1 aromatic carbocycles. The number of aliphatic hydroxyl groups excluding tert-OH is 1. The Kier molecular flexibility index (Phi) is 4.71. The normalized spacial score (nSPS) is 19.9. The summed E-state index contributed by atoms with van der Waals surface area (Å²) in [5.74, 6) is -0.0395. The van der Waals surface area contributed by atoms with Crippen LogP contribution in [0.25, 0.3) is 6.08 Å². The maximum atomic E-state index is 12.0. The zero-order valence-corrected chi connectivity index (χ0v) is 11.1. The van der Waals surface area contributed by atoms with Crippen LogP contribution in [0.5, 0.6) is 0 Å². The van der Waals surface area contributed by atoms with Gasteiger partial charge in [-0.2, -0.15) is 0 Å². The highest BCUT2D eigenvalue weighted by molar-refractivity contribution is 5.91. The van der Waals surface area contributed by atoms with Crippen molar-refractivity contribution in [2.24, 2.45) is 0 Å². The van der Waals surface area contributed by atoms with E-state index < -0.39 is 0 Å². The lowest BCUT2D eigenvalue weighted by molar-refractivity contribution is -0.134. The Labute approximate surface area is 113 Å².